The molecule has 1 aromatic heterocycles. The maximum absolute atomic E-state index is 9.49. The summed E-state index contributed by atoms with van der Waals surface area (Å²) in [6.45, 7) is 2.69. The average molecular weight is 284 g/mol. The van der Waals surface area contributed by atoms with Gasteiger partial charge in [-0.1, -0.05) is 12.1 Å². The Morgan fingerprint density at radius 3 is 2.90 bits per heavy atom. The molecule has 0 radical (unpaired) electrons. The maximum atomic E-state index is 9.49. The second-order valence-electron chi connectivity index (χ2n) is 5.38. The molecule has 0 saturated carbocycles. The van der Waals surface area contributed by atoms with Gasteiger partial charge < -0.3 is 15.3 Å². The Hall–Kier alpha value is -2.14. The van der Waals surface area contributed by atoms with Gasteiger partial charge in [0.25, 0.3) is 0 Å². The van der Waals surface area contributed by atoms with E-state index in [1.54, 1.807) is 24.5 Å². The fourth-order valence-electron chi connectivity index (χ4n) is 2.71. The van der Waals surface area contributed by atoms with Gasteiger partial charge in [0.2, 0.25) is 5.95 Å². The van der Waals surface area contributed by atoms with Crippen LogP contribution in [0.15, 0.2) is 42.7 Å². The van der Waals surface area contributed by atoms with Crippen LogP contribution in [0.3, 0.4) is 0 Å². The predicted octanol–water partition coefficient (Wildman–Crippen LogP) is 1.94. The summed E-state index contributed by atoms with van der Waals surface area (Å²) in [7, 11) is 0. The molecule has 0 bridgehead atoms. The number of phenolic OH excluding ortho intramolecular Hbond substituents is 1. The number of phenols is 1. The summed E-state index contributed by atoms with van der Waals surface area (Å²) in [5.74, 6) is 1.12. The third kappa shape index (κ3) is 3.70. The summed E-state index contributed by atoms with van der Waals surface area (Å²) >= 11 is 0. The van der Waals surface area contributed by atoms with E-state index in [9.17, 15) is 5.11 Å². The highest BCUT2D eigenvalue weighted by Crippen LogP contribution is 2.16. The van der Waals surface area contributed by atoms with Crippen molar-refractivity contribution in [3.8, 4) is 5.75 Å². The van der Waals surface area contributed by atoms with Crippen molar-refractivity contribution in [2.75, 3.05) is 18.0 Å². The summed E-state index contributed by atoms with van der Waals surface area (Å²) < 4.78 is 0. The Morgan fingerprint density at radius 2 is 2.10 bits per heavy atom. The molecule has 1 aromatic carbocycles. The second-order valence-corrected chi connectivity index (χ2v) is 5.38. The molecule has 3 rings (SSSR count). The molecule has 2 aromatic rings. The van der Waals surface area contributed by atoms with E-state index in [-0.39, 0.29) is 0 Å². The standard InChI is InChI=1S/C16H20N4O/c21-15-6-1-4-13(10-15)11-19-14-5-2-9-20(12-14)16-17-7-3-8-18-16/h1,3-4,6-8,10,14,19,21H,2,5,9,11-12H2. The average Bonchev–Trinajstić information content (AvgIpc) is 2.54. The van der Waals surface area contributed by atoms with Crippen molar-refractivity contribution in [2.45, 2.75) is 25.4 Å². The van der Waals surface area contributed by atoms with E-state index in [2.05, 4.69) is 20.2 Å². The molecule has 21 heavy (non-hydrogen) atoms. The van der Waals surface area contributed by atoms with Crippen molar-refractivity contribution >= 4 is 5.95 Å². The number of aromatic hydroxyl groups is 1. The molecular weight excluding hydrogens is 264 g/mol. The lowest BCUT2D eigenvalue weighted by molar-refractivity contribution is 0.417. The zero-order valence-electron chi connectivity index (χ0n) is 11.9. The van der Waals surface area contributed by atoms with Gasteiger partial charge in [-0.15, -0.1) is 0 Å². The first kappa shape index (κ1) is 13.8. The van der Waals surface area contributed by atoms with Crippen LogP contribution < -0.4 is 10.2 Å². The first-order chi connectivity index (χ1) is 10.3. The van der Waals surface area contributed by atoms with E-state index in [4.69, 9.17) is 0 Å². The number of nitrogens with one attached hydrogen (secondary N) is 1. The number of benzene rings is 1. The molecule has 1 fully saturated rings. The predicted molar refractivity (Wildman–Crippen MR) is 82.2 cm³/mol. The van der Waals surface area contributed by atoms with Gasteiger partial charge in [-0.05, 0) is 36.6 Å². The zero-order valence-corrected chi connectivity index (χ0v) is 11.9. The molecule has 110 valence electrons. The minimum absolute atomic E-state index is 0.317. The minimum atomic E-state index is 0.317. The van der Waals surface area contributed by atoms with Gasteiger partial charge in [0.05, 0.1) is 0 Å². The first-order valence-corrected chi connectivity index (χ1v) is 7.34. The lowest BCUT2D eigenvalue weighted by Gasteiger charge is -2.33. The highest BCUT2D eigenvalue weighted by Gasteiger charge is 2.21. The molecule has 2 heterocycles. The normalized spacial score (nSPS) is 18.7. The van der Waals surface area contributed by atoms with Crippen LogP contribution in [0.25, 0.3) is 0 Å². The van der Waals surface area contributed by atoms with Crippen molar-refractivity contribution in [3.05, 3.63) is 48.3 Å². The van der Waals surface area contributed by atoms with Crippen molar-refractivity contribution < 1.29 is 5.11 Å². The molecule has 1 atom stereocenters. The van der Waals surface area contributed by atoms with E-state index in [0.717, 1.165) is 44.0 Å². The molecule has 0 aliphatic carbocycles. The monoisotopic (exact) mass is 284 g/mol. The summed E-state index contributed by atoms with van der Waals surface area (Å²) in [6.07, 6.45) is 5.86. The van der Waals surface area contributed by atoms with Crippen LogP contribution in [0.1, 0.15) is 18.4 Å². The highest BCUT2D eigenvalue weighted by atomic mass is 16.3. The summed E-state index contributed by atoms with van der Waals surface area (Å²) in [4.78, 5) is 10.9. The molecule has 1 unspecified atom stereocenters. The van der Waals surface area contributed by atoms with Gasteiger partial charge >= 0.3 is 0 Å². The number of nitrogens with zero attached hydrogens (tertiary/aromatic N) is 3. The number of hydrogen-bond donors (Lipinski definition) is 2. The zero-order chi connectivity index (χ0) is 14.5. The number of piperidine rings is 1. The second kappa shape index (κ2) is 6.54. The molecule has 5 nitrogen and oxygen atoms in total. The van der Waals surface area contributed by atoms with Crippen LogP contribution in [-0.2, 0) is 6.54 Å². The van der Waals surface area contributed by atoms with Crippen LogP contribution >= 0.6 is 0 Å². The lowest BCUT2D eigenvalue weighted by Crippen LogP contribution is -2.46. The third-order valence-corrected chi connectivity index (χ3v) is 3.76. The number of hydrogen-bond acceptors (Lipinski definition) is 5. The van der Waals surface area contributed by atoms with E-state index < -0.39 is 0 Å². The van der Waals surface area contributed by atoms with Crippen molar-refractivity contribution in [2.24, 2.45) is 0 Å². The molecule has 0 amide bonds. The number of rotatable bonds is 4. The fourth-order valence-corrected chi connectivity index (χ4v) is 2.71. The summed E-state index contributed by atoms with van der Waals surface area (Å²) in [6, 6.07) is 9.65. The molecule has 1 saturated heterocycles. The van der Waals surface area contributed by atoms with E-state index in [1.807, 2.05) is 18.2 Å². The summed E-state index contributed by atoms with van der Waals surface area (Å²) in [5, 5.41) is 13.0. The SMILES string of the molecule is Oc1cccc(CNC2CCCN(c3ncccn3)C2)c1. The molecule has 1 aliphatic heterocycles. The molecule has 2 N–H and O–H groups in total. The minimum Gasteiger partial charge on any atom is -0.508 e. The van der Waals surface area contributed by atoms with Crippen LogP contribution in [0.5, 0.6) is 5.75 Å². The maximum Gasteiger partial charge on any atom is 0.225 e. The highest BCUT2D eigenvalue weighted by molar-refractivity contribution is 5.30. The Bertz CT molecular complexity index is 575. The first-order valence-electron chi connectivity index (χ1n) is 7.34. The van der Waals surface area contributed by atoms with Gasteiger partial charge in [-0.2, -0.15) is 0 Å². The molecule has 1 aliphatic rings. The number of anilines is 1. The summed E-state index contributed by atoms with van der Waals surface area (Å²) in [5.41, 5.74) is 1.10. The van der Waals surface area contributed by atoms with Crippen LogP contribution in [0.2, 0.25) is 0 Å². The van der Waals surface area contributed by atoms with Gasteiger partial charge in [0, 0.05) is 38.1 Å². The van der Waals surface area contributed by atoms with Crippen molar-refractivity contribution in [1.82, 2.24) is 15.3 Å². The Balaban J connectivity index is 1.57. The van der Waals surface area contributed by atoms with Gasteiger partial charge in [0.1, 0.15) is 5.75 Å². The van der Waals surface area contributed by atoms with E-state index >= 15 is 0 Å². The fraction of sp³-hybridized carbons (Fsp3) is 0.375. The Kier molecular flexibility index (Phi) is 4.31. The van der Waals surface area contributed by atoms with E-state index in [1.165, 1.54) is 0 Å². The van der Waals surface area contributed by atoms with Gasteiger partial charge in [0.15, 0.2) is 0 Å². The van der Waals surface area contributed by atoms with Gasteiger partial charge in [-0.25, -0.2) is 9.97 Å². The van der Waals surface area contributed by atoms with Crippen LogP contribution in [0, 0.1) is 0 Å². The Labute approximate surface area is 124 Å². The quantitative estimate of drug-likeness (QED) is 0.898. The van der Waals surface area contributed by atoms with Gasteiger partial charge in [-0.3, -0.25) is 0 Å². The van der Waals surface area contributed by atoms with Crippen LogP contribution in [0.4, 0.5) is 5.95 Å². The molecule has 5 heteroatoms. The number of aromatic nitrogens is 2. The van der Waals surface area contributed by atoms with E-state index in [0.29, 0.717) is 11.8 Å². The van der Waals surface area contributed by atoms with Crippen LogP contribution in [-0.4, -0.2) is 34.2 Å². The molecular formula is C16H20N4O. The topological polar surface area (TPSA) is 61.3 Å². The lowest BCUT2D eigenvalue weighted by atomic mass is 10.1. The third-order valence-electron chi connectivity index (χ3n) is 3.76. The molecule has 0 spiro atoms. The Morgan fingerprint density at radius 1 is 1.24 bits per heavy atom. The van der Waals surface area contributed by atoms with Crippen molar-refractivity contribution in [1.29, 1.82) is 0 Å². The largest absolute Gasteiger partial charge is 0.508 e. The van der Waals surface area contributed by atoms with Crippen molar-refractivity contribution in [3.63, 3.8) is 0 Å². The smallest absolute Gasteiger partial charge is 0.225 e.